The van der Waals surface area contributed by atoms with Gasteiger partial charge in [0.25, 0.3) is 0 Å². The number of hydrogen-bond acceptors (Lipinski definition) is 3. The van der Waals surface area contributed by atoms with Crippen molar-refractivity contribution in [3.63, 3.8) is 0 Å². The molecule has 0 bridgehead atoms. The fourth-order valence-electron chi connectivity index (χ4n) is 4.39. The first-order valence-corrected chi connectivity index (χ1v) is 13.5. The molecule has 0 aliphatic heterocycles. The molecule has 0 saturated heterocycles. The number of benzene rings is 4. The lowest BCUT2D eigenvalue weighted by Crippen LogP contribution is -2.20. The van der Waals surface area contributed by atoms with Crippen molar-refractivity contribution < 1.29 is 27.9 Å². The van der Waals surface area contributed by atoms with Crippen molar-refractivity contribution in [2.45, 2.75) is 48.9 Å². The van der Waals surface area contributed by atoms with Gasteiger partial charge in [-0.1, -0.05) is 54.6 Å². The van der Waals surface area contributed by atoms with Crippen LogP contribution in [0.3, 0.4) is 0 Å². The van der Waals surface area contributed by atoms with E-state index in [2.05, 4.69) is 5.32 Å². The summed E-state index contributed by atoms with van der Waals surface area (Å²) in [4.78, 5) is 25.1. The fraction of sp³-hybridized carbons (Fsp3) is 0.226. The highest BCUT2D eigenvalue weighted by Gasteiger charge is 2.30. The van der Waals surface area contributed by atoms with Crippen molar-refractivity contribution in [2.24, 2.45) is 0 Å². The Hall–Kier alpha value is -3.78. The van der Waals surface area contributed by atoms with Crippen LogP contribution in [0.2, 0.25) is 0 Å². The topological polar surface area (TPSA) is 66.4 Å². The largest absolute Gasteiger partial charge is 0.481 e. The normalized spacial score (nSPS) is 12.3. The van der Waals surface area contributed by atoms with E-state index < -0.39 is 23.6 Å². The molecule has 1 atom stereocenters. The number of alkyl halides is 3. The number of rotatable bonds is 10. The molecule has 39 heavy (non-hydrogen) atoms. The van der Waals surface area contributed by atoms with Gasteiger partial charge in [0.1, 0.15) is 0 Å². The van der Waals surface area contributed by atoms with Gasteiger partial charge in [0.15, 0.2) is 0 Å². The number of aliphatic carboxylic acids is 1. The highest BCUT2D eigenvalue weighted by Crippen LogP contribution is 2.33. The van der Waals surface area contributed by atoms with E-state index in [4.69, 9.17) is 5.11 Å². The van der Waals surface area contributed by atoms with Gasteiger partial charge in [-0.05, 0) is 77.6 Å². The summed E-state index contributed by atoms with van der Waals surface area (Å²) in [6, 6.07) is 24.4. The number of thioether (sulfide) groups is 1. The Bertz CT molecular complexity index is 1460. The lowest BCUT2D eigenvalue weighted by molar-refractivity contribution is -0.138. The van der Waals surface area contributed by atoms with E-state index in [1.165, 1.54) is 23.9 Å². The second kappa shape index (κ2) is 12.4. The van der Waals surface area contributed by atoms with Crippen LogP contribution in [0.1, 0.15) is 47.9 Å². The van der Waals surface area contributed by atoms with Gasteiger partial charge in [-0.2, -0.15) is 13.2 Å². The van der Waals surface area contributed by atoms with Crippen LogP contribution in [0, 0.1) is 0 Å². The van der Waals surface area contributed by atoms with Gasteiger partial charge in [-0.25, -0.2) is 0 Å². The van der Waals surface area contributed by atoms with Gasteiger partial charge < -0.3 is 10.4 Å². The second-order valence-corrected chi connectivity index (χ2v) is 10.4. The number of halogens is 3. The van der Waals surface area contributed by atoms with E-state index in [0.717, 1.165) is 39.6 Å². The third kappa shape index (κ3) is 7.41. The lowest BCUT2D eigenvalue weighted by atomic mass is 9.94. The molecule has 1 unspecified atom stereocenters. The van der Waals surface area contributed by atoms with E-state index in [1.807, 2.05) is 67.6 Å². The first-order valence-electron chi connectivity index (χ1n) is 12.5. The molecule has 0 aromatic heterocycles. The number of fused-ring (bicyclic) bond motifs is 1. The summed E-state index contributed by atoms with van der Waals surface area (Å²) in [5.74, 6) is -1.01. The zero-order chi connectivity index (χ0) is 28.0. The van der Waals surface area contributed by atoms with Gasteiger partial charge in [0.05, 0.1) is 11.5 Å². The summed E-state index contributed by atoms with van der Waals surface area (Å²) in [6.45, 7) is 1.85. The molecule has 0 heterocycles. The van der Waals surface area contributed by atoms with Crippen molar-refractivity contribution in [3.8, 4) is 0 Å². The Balaban J connectivity index is 1.53. The number of carbonyl (C=O) groups excluding carboxylic acids is 1. The standard InChI is InChI=1S/C31H28F3NO3S/c1-20(26-10-4-7-22-6-2-3-9-27(22)26)30(38)35-28-18-21(12-13-23(28)8-5-11-29(36)37)19-39-25-16-14-24(15-17-25)31(32,33)34/h2-4,6-7,9-10,12-18,20H,5,8,11,19H2,1H3,(H,35,38)(H,36,37). The van der Waals surface area contributed by atoms with E-state index in [1.54, 1.807) is 0 Å². The SMILES string of the molecule is CC(C(=O)Nc1cc(CSc2ccc(C(F)(F)F)cc2)ccc1CCCC(=O)O)c1cccc2ccccc12. The molecule has 202 valence electrons. The van der Waals surface area contributed by atoms with Crippen LogP contribution >= 0.6 is 11.8 Å². The molecule has 2 N–H and O–H groups in total. The Kier molecular flexibility index (Phi) is 8.97. The third-order valence-corrected chi connectivity index (χ3v) is 7.62. The Morgan fingerprint density at radius 3 is 2.38 bits per heavy atom. The van der Waals surface area contributed by atoms with Crippen molar-refractivity contribution in [1.82, 2.24) is 0 Å². The first kappa shape index (κ1) is 28.2. The average Bonchev–Trinajstić information content (AvgIpc) is 2.91. The average molecular weight is 552 g/mol. The molecule has 0 spiro atoms. The van der Waals surface area contributed by atoms with E-state index >= 15 is 0 Å². The number of carboxylic acid groups (broad SMARTS) is 1. The molecule has 0 fully saturated rings. The van der Waals surface area contributed by atoms with Crippen LogP contribution in [0.25, 0.3) is 10.8 Å². The highest BCUT2D eigenvalue weighted by atomic mass is 32.2. The van der Waals surface area contributed by atoms with Gasteiger partial charge in [-0.3, -0.25) is 9.59 Å². The number of anilines is 1. The van der Waals surface area contributed by atoms with Crippen LogP contribution in [0.4, 0.5) is 18.9 Å². The number of carbonyl (C=O) groups is 2. The minimum Gasteiger partial charge on any atom is -0.481 e. The van der Waals surface area contributed by atoms with Crippen molar-refractivity contribution in [3.05, 3.63) is 107 Å². The first-order chi connectivity index (χ1) is 18.6. The van der Waals surface area contributed by atoms with Crippen molar-refractivity contribution >= 4 is 40.1 Å². The van der Waals surface area contributed by atoms with Gasteiger partial charge in [-0.15, -0.1) is 11.8 Å². The maximum Gasteiger partial charge on any atom is 0.416 e. The number of hydrogen-bond donors (Lipinski definition) is 2. The van der Waals surface area contributed by atoms with Crippen molar-refractivity contribution in [1.29, 1.82) is 0 Å². The predicted octanol–water partition coefficient (Wildman–Crippen LogP) is 8.30. The van der Waals surface area contributed by atoms with Gasteiger partial charge in [0, 0.05) is 22.8 Å². The van der Waals surface area contributed by atoms with E-state index in [0.29, 0.717) is 29.2 Å². The molecule has 0 aliphatic rings. The molecule has 8 heteroatoms. The maximum absolute atomic E-state index is 13.4. The zero-order valence-corrected chi connectivity index (χ0v) is 22.1. The number of amides is 1. The van der Waals surface area contributed by atoms with Crippen LogP contribution < -0.4 is 5.32 Å². The van der Waals surface area contributed by atoms with Crippen LogP contribution in [-0.2, 0) is 27.9 Å². The Labute approximate surface area is 229 Å². The molecule has 0 aliphatic carbocycles. The summed E-state index contributed by atoms with van der Waals surface area (Å²) in [5, 5.41) is 14.1. The summed E-state index contributed by atoms with van der Waals surface area (Å²) in [5.41, 5.74) is 2.55. The van der Waals surface area contributed by atoms with Gasteiger partial charge >= 0.3 is 12.1 Å². The summed E-state index contributed by atoms with van der Waals surface area (Å²) in [7, 11) is 0. The minimum absolute atomic E-state index is 0.0192. The molecule has 1 amide bonds. The van der Waals surface area contributed by atoms with Crippen molar-refractivity contribution in [2.75, 3.05) is 5.32 Å². The summed E-state index contributed by atoms with van der Waals surface area (Å²) in [6.07, 6.45) is -3.45. The summed E-state index contributed by atoms with van der Waals surface area (Å²) < 4.78 is 38.6. The number of carboxylic acids is 1. The number of aryl methyl sites for hydroxylation is 1. The molecule has 4 nitrogen and oxygen atoms in total. The molecule has 4 aromatic carbocycles. The number of nitrogens with one attached hydrogen (secondary N) is 1. The molecular weight excluding hydrogens is 523 g/mol. The minimum atomic E-state index is -4.38. The quantitative estimate of drug-likeness (QED) is 0.195. The maximum atomic E-state index is 13.4. The van der Waals surface area contributed by atoms with Gasteiger partial charge in [0.2, 0.25) is 5.91 Å². The molecule has 4 rings (SSSR count). The van der Waals surface area contributed by atoms with E-state index in [-0.39, 0.29) is 12.3 Å². The Morgan fingerprint density at radius 2 is 1.67 bits per heavy atom. The lowest BCUT2D eigenvalue weighted by Gasteiger charge is -2.18. The molecular formula is C31H28F3NO3S. The summed E-state index contributed by atoms with van der Waals surface area (Å²) >= 11 is 1.39. The van der Waals surface area contributed by atoms with Crippen LogP contribution in [-0.4, -0.2) is 17.0 Å². The Morgan fingerprint density at radius 1 is 0.949 bits per heavy atom. The monoisotopic (exact) mass is 551 g/mol. The van der Waals surface area contributed by atoms with Crippen LogP contribution in [0.15, 0.2) is 89.8 Å². The molecule has 4 aromatic rings. The second-order valence-electron chi connectivity index (χ2n) is 9.33. The molecule has 0 radical (unpaired) electrons. The molecule has 0 saturated carbocycles. The fourth-order valence-corrected chi connectivity index (χ4v) is 5.24. The van der Waals surface area contributed by atoms with E-state index in [9.17, 15) is 22.8 Å². The van der Waals surface area contributed by atoms with Crippen LogP contribution in [0.5, 0.6) is 0 Å². The highest BCUT2D eigenvalue weighted by molar-refractivity contribution is 7.98. The zero-order valence-electron chi connectivity index (χ0n) is 21.3. The predicted molar refractivity (Wildman–Crippen MR) is 149 cm³/mol. The smallest absolute Gasteiger partial charge is 0.416 e. The third-order valence-electron chi connectivity index (χ3n) is 6.54.